The molecule has 2 saturated heterocycles. The minimum absolute atomic E-state index is 0.119. The number of carbonyl (C=O) groups is 2. The molecule has 1 atom stereocenters. The van der Waals surface area contributed by atoms with Crippen molar-refractivity contribution in [1.29, 1.82) is 0 Å². The zero-order valence-corrected chi connectivity index (χ0v) is 19.8. The number of piperidine rings is 1. The van der Waals surface area contributed by atoms with Gasteiger partial charge in [-0.1, -0.05) is 19.3 Å². The Kier molecular flexibility index (Phi) is 7.76. The third-order valence-electron chi connectivity index (χ3n) is 7.46. The van der Waals surface area contributed by atoms with Crippen molar-refractivity contribution in [2.45, 2.75) is 77.6 Å². The monoisotopic (exact) mass is 442 g/mol. The van der Waals surface area contributed by atoms with Gasteiger partial charge in [0.15, 0.2) is 0 Å². The summed E-state index contributed by atoms with van der Waals surface area (Å²) in [6, 6.07) is 0. The van der Waals surface area contributed by atoms with Crippen molar-refractivity contribution < 1.29 is 14.3 Å². The number of carbonyl (C=O) groups excluding carboxylic acids is 2. The number of ether oxygens (including phenoxy) is 1. The van der Waals surface area contributed by atoms with Crippen LogP contribution < -0.4 is 0 Å². The smallest absolute Gasteiger partial charge is 0.227 e. The van der Waals surface area contributed by atoms with Crippen LogP contribution in [0.5, 0.6) is 0 Å². The molecule has 0 unspecified atom stereocenters. The summed E-state index contributed by atoms with van der Waals surface area (Å²) >= 11 is 0. The number of morpholine rings is 1. The largest absolute Gasteiger partial charge is 0.378 e. The van der Waals surface area contributed by atoms with Gasteiger partial charge in [0.05, 0.1) is 19.6 Å². The van der Waals surface area contributed by atoms with Crippen molar-refractivity contribution in [2.75, 3.05) is 39.4 Å². The summed E-state index contributed by atoms with van der Waals surface area (Å²) in [5.74, 6) is 2.01. The molecule has 3 heterocycles. The summed E-state index contributed by atoms with van der Waals surface area (Å²) in [6.07, 6.45) is 9.33. The van der Waals surface area contributed by atoms with Gasteiger partial charge in [0.2, 0.25) is 11.8 Å². The molecular formula is C25H38N4O3. The molecule has 1 aromatic heterocycles. The van der Waals surface area contributed by atoms with Crippen LogP contribution in [0, 0.1) is 19.8 Å². The van der Waals surface area contributed by atoms with Crippen molar-refractivity contribution >= 4 is 11.8 Å². The molecule has 0 radical (unpaired) electrons. The fourth-order valence-corrected chi connectivity index (χ4v) is 5.46. The van der Waals surface area contributed by atoms with Gasteiger partial charge >= 0.3 is 0 Å². The fraction of sp³-hybridized carbons (Fsp3) is 0.760. The Morgan fingerprint density at radius 1 is 0.875 bits per heavy atom. The van der Waals surface area contributed by atoms with E-state index in [1.54, 1.807) is 0 Å². The van der Waals surface area contributed by atoms with Crippen molar-refractivity contribution in [3.8, 4) is 0 Å². The molecule has 3 aliphatic rings. The normalized spacial score (nSPS) is 22.8. The molecule has 3 fully saturated rings. The molecule has 7 heteroatoms. The van der Waals surface area contributed by atoms with Crippen LogP contribution in [-0.4, -0.2) is 71.0 Å². The fourth-order valence-electron chi connectivity index (χ4n) is 5.46. The topological polar surface area (TPSA) is 75.6 Å². The standard InChI is InChI=1S/C25H38N4O3/c1-18-22(16-24(31)28-11-13-32-14-12-28)19(2)27-25(26-18)21-9-6-10-29(17-21)23(30)15-20-7-4-3-5-8-20/h20-21H,3-17H2,1-2H3/t21-/m1/s1. The van der Waals surface area contributed by atoms with Crippen LogP contribution >= 0.6 is 0 Å². The molecule has 0 spiro atoms. The summed E-state index contributed by atoms with van der Waals surface area (Å²) in [5, 5.41) is 0. The Bertz CT molecular complexity index is 792. The molecule has 2 amide bonds. The van der Waals surface area contributed by atoms with E-state index in [1.165, 1.54) is 32.1 Å². The highest BCUT2D eigenvalue weighted by molar-refractivity contribution is 5.79. The Labute approximate surface area is 191 Å². The Hall–Kier alpha value is -2.02. The predicted molar refractivity (Wildman–Crippen MR) is 122 cm³/mol. The molecule has 32 heavy (non-hydrogen) atoms. The van der Waals surface area contributed by atoms with Gasteiger partial charge in [-0.2, -0.15) is 0 Å². The van der Waals surface area contributed by atoms with Crippen LogP contribution in [-0.2, 0) is 20.7 Å². The molecule has 176 valence electrons. The van der Waals surface area contributed by atoms with Gasteiger partial charge in [-0.05, 0) is 45.4 Å². The molecule has 1 saturated carbocycles. The zero-order valence-electron chi connectivity index (χ0n) is 19.8. The van der Waals surface area contributed by atoms with E-state index in [0.717, 1.165) is 48.7 Å². The lowest BCUT2D eigenvalue weighted by Gasteiger charge is -2.34. The molecular weight excluding hydrogens is 404 g/mol. The van der Waals surface area contributed by atoms with E-state index in [9.17, 15) is 9.59 Å². The summed E-state index contributed by atoms with van der Waals surface area (Å²) in [4.78, 5) is 39.2. The molecule has 1 aliphatic carbocycles. The molecule has 0 bridgehead atoms. The highest BCUT2D eigenvalue weighted by Gasteiger charge is 2.29. The lowest BCUT2D eigenvalue weighted by atomic mass is 9.86. The summed E-state index contributed by atoms with van der Waals surface area (Å²) in [5.41, 5.74) is 2.71. The van der Waals surface area contributed by atoms with Crippen molar-refractivity contribution in [3.63, 3.8) is 0 Å². The Morgan fingerprint density at radius 3 is 2.25 bits per heavy atom. The number of nitrogens with zero attached hydrogens (tertiary/aromatic N) is 4. The Morgan fingerprint density at radius 2 is 1.56 bits per heavy atom. The number of aryl methyl sites for hydroxylation is 2. The number of hydrogen-bond acceptors (Lipinski definition) is 5. The first kappa shape index (κ1) is 23.1. The zero-order chi connectivity index (χ0) is 22.5. The van der Waals surface area contributed by atoms with Crippen LogP contribution in [0.2, 0.25) is 0 Å². The third-order valence-corrected chi connectivity index (χ3v) is 7.46. The summed E-state index contributed by atoms with van der Waals surface area (Å²) < 4.78 is 5.35. The van der Waals surface area contributed by atoms with E-state index in [1.807, 2.05) is 23.6 Å². The summed E-state index contributed by atoms with van der Waals surface area (Å²) in [7, 11) is 0. The second-order valence-corrected chi connectivity index (χ2v) is 9.79. The molecule has 4 rings (SSSR count). The maximum absolute atomic E-state index is 12.9. The van der Waals surface area contributed by atoms with E-state index in [4.69, 9.17) is 14.7 Å². The molecule has 2 aliphatic heterocycles. The van der Waals surface area contributed by atoms with Crippen LogP contribution in [0.4, 0.5) is 0 Å². The lowest BCUT2D eigenvalue weighted by Crippen LogP contribution is -2.41. The van der Waals surface area contributed by atoms with Crippen molar-refractivity contribution in [3.05, 3.63) is 22.8 Å². The van der Waals surface area contributed by atoms with Gasteiger partial charge in [0.1, 0.15) is 5.82 Å². The molecule has 0 N–H and O–H groups in total. The van der Waals surface area contributed by atoms with Crippen LogP contribution in [0.25, 0.3) is 0 Å². The lowest BCUT2D eigenvalue weighted by molar-refractivity contribution is -0.135. The molecule has 0 aromatic carbocycles. The highest BCUT2D eigenvalue weighted by atomic mass is 16.5. The van der Waals surface area contributed by atoms with Gasteiger partial charge < -0.3 is 14.5 Å². The van der Waals surface area contributed by atoms with Gasteiger partial charge in [0.25, 0.3) is 0 Å². The van der Waals surface area contributed by atoms with Crippen molar-refractivity contribution in [2.24, 2.45) is 5.92 Å². The van der Waals surface area contributed by atoms with Gasteiger partial charge in [0, 0.05) is 55.5 Å². The highest BCUT2D eigenvalue weighted by Crippen LogP contribution is 2.30. The van der Waals surface area contributed by atoms with E-state index in [0.29, 0.717) is 51.0 Å². The first-order valence-corrected chi connectivity index (χ1v) is 12.5. The first-order chi connectivity index (χ1) is 15.5. The van der Waals surface area contributed by atoms with Gasteiger partial charge in [-0.25, -0.2) is 9.97 Å². The third kappa shape index (κ3) is 5.66. The number of hydrogen-bond donors (Lipinski definition) is 0. The first-order valence-electron chi connectivity index (χ1n) is 12.5. The predicted octanol–water partition coefficient (Wildman–Crippen LogP) is 3.17. The number of amides is 2. The second-order valence-electron chi connectivity index (χ2n) is 9.79. The number of rotatable bonds is 5. The van der Waals surface area contributed by atoms with Crippen LogP contribution in [0.1, 0.15) is 80.1 Å². The Balaban J connectivity index is 1.39. The van der Waals surface area contributed by atoms with E-state index < -0.39 is 0 Å². The minimum Gasteiger partial charge on any atom is -0.378 e. The number of aromatic nitrogens is 2. The van der Waals surface area contributed by atoms with Gasteiger partial charge in [-0.3, -0.25) is 9.59 Å². The minimum atomic E-state index is 0.119. The van der Waals surface area contributed by atoms with E-state index >= 15 is 0 Å². The van der Waals surface area contributed by atoms with E-state index in [2.05, 4.69) is 0 Å². The molecule has 7 nitrogen and oxygen atoms in total. The van der Waals surface area contributed by atoms with Crippen LogP contribution in [0.15, 0.2) is 0 Å². The average molecular weight is 443 g/mol. The summed E-state index contributed by atoms with van der Waals surface area (Å²) in [6.45, 7) is 8.06. The quantitative estimate of drug-likeness (QED) is 0.700. The van der Waals surface area contributed by atoms with Gasteiger partial charge in [-0.15, -0.1) is 0 Å². The number of likely N-dealkylation sites (tertiary alicyclic amines) is 1. The molecule has 1 aromatic rings. The SMILES string of the molecule is Cc1nc([C@@H]2CCCN(C(=O)CC3CCCCC3)C2)nc(C)c1CC(=O)N1CCOCC1. The second kappa shape index (κ2) is 10.7. The van der Waals surface area contributed by atoms with Crippen LogP contribution in [0.3, 0.4) is 0 Å². The average Bonchev–Trinajstić information content (AvgIpc) is 2.82. The maximum atomic E-state index is 12.9. The van der Waals surface area contributed by atoms with Crippen molar-refractivity contribution in [1.82, 2.24) is 19.8 Å². The maximum Gasteiger partial charge on any atom is 0.227 e. The van der Waals surface area contributed by atoms with E-state index in [-0.39, 0.29) is 11.8 Å².